The Balaban J connectivity index is 3.18. The highest BCUT2D eigenvalue weighted by Gasteiger charge is 2.14. The van der Waals surface area contributed by atoms with Gasteiger partial charge in [-0.15, -0.1) is 0 Å². The predicted octanol–water partition coefficient (Wildman–Crippen LogP) is 2.41. The van der Waals surface area contributed by atoms with Crippen molar-refractivity contribution in [3.05, 3.63) is 28.8 Å². The summed E-state index contributed by atoms with van der Waals surface area (Å²) in [5.74, 6) is 0. The lowest BCUT2D eigenvalue weighted by Gasteiger charge is -2.16. The summed E-state index contributed by atoms with van der Waals surface area (Å²) in [7, 11) is 2.79. The number of methoxy groups -OCH3 is 1. The van der Waals surface area contributed by atoms with E-state index in [9.17, 15) is 4.79 Å². The van der Waals surface area contributed by atoms with Gasteiger partial charge < -0.3 is 4.74 Å². The smallest absolute Gasteiger partial charge is 0.413 e. The first-order chi connectivity index (χ1) is 7.10. The van der Waals surface area contributed by atoms with Crippen LogP contribution in [0.5, 0.6) is 0 Å². The van der Waals surface area contributed by atoms with Gasteiger partial charge in [-0.2, -0.15) is 5.26 Å². The van der Waals surface area contributed by atoms with Crippen molar-refractivity contribution in [1.82, 2.24) is 0 Å². The van der Waals surface area contributed by atoms with Gasteiger partial charge in [0, 0.05) is 12.1 Å². The van der Waals surface area contributed by atoms with E-state index < -0.39 is 6.09 Å². The van der Waals surface area contributed by atoms with Gasteiger partial charge >= 0.3 is 6.09 Å². The molecule has 0 N–H and O–H groups in total. The Morgan fingerprint density at radius 3 is 2.80 bits per heavy atom. The monoisotopic (exact) mass is 224 g/mol. The molecule has 0 aliphatic rings. The minimum atomic E-state index is -0.547. The summed E-state index contributed by atoms with van der Waals surface area (Å²) in [4.78, 5) is 12.5. The van der Waals surface area contributed by atoms with Crippen molar-refractivity contribution < 1.29 is 9.53 Å². The fraction of sp³-hybridized carbons (Fsp3) is 0.200. The molecular weight excluding hydrogens is 216 g/mol. The lowest BCUT2D eigenvalue weighted by molar-refractivity contribution is 0.180. The van der Waals surface area contributed by atoms with E-state index >= 15 is 0 Å². The van der Waals surface area contributed by atoms with Crippen LogP contribution >= 0.6 is 11.6 Å². The standard InChI is InChI=1S/C10H9ClN2O2/c1-13(10(14)15-2)9-5-8(11)4-3-7(9)6-12/h3-5H,1-2H3. The van der Waals surface area contributed by atoms with Crippen LogP contribution in [0.25, 0.3) is 0 Å². The van der Waals surface area contributed by atoms with E-state index in [1.807, 2.05) is 6.07 Å². The van der Waals surface area contributed by atoms with Gasteiger partial charge in [0.25, 0.3) is 0 Å². The second-order valence-electron chi connectivity index (χ2n) is 2.80. The second-order valence-corrected chi connectivity index (χ2v) is 3.24. The molecule has 0 saturated heterocycles. The van der Waals surface area contributed by atoms with E-state index in [0.717, 1.165) is 0 Å². The molecule has 4 nitrogen and oxygen atoms in total. The molecule has 0 aromatic heterocycles. The molecule has 0 aliphatic heterocycles. The SMILES string of the molecule is COC(=O)N(C)c1cc(Cl)ccc1C#N. The number of amides is 1. The molecule has 5 heteroatoms. The van der Waals surface area contributed by atoms with Crippen molar-refractivity contribution in [2.24, 2.45) is 0 Å². The van der Waals surface area contributed by atoms with Gasteiger partial charge in [0.2, 0.25) is 0 Å². The van der Waals surface area contributed by atoms with Crippen LogP contribution in [0.2, 0.25) is 5.02 Å². The van der Waals surface area contributed by atoms with Crippen LogP contribution in [0.4, 0.5) is 10.5 Å². The normalized spacial score (nSPS) is 9.20. The van der Waals surface area contributed by atoms with Crippen molar-refractivity contribution >= 4 is 23.4 Å². The van der Waals surface area contributed by atoms with Crippen LogP contribution in [0.3, 0.4) is 0 Å². The number of halogens is 1. The number of carbonyl (C=O) groups is 1. The topological polar surface area (TPSA) is 53.3 Å². The van der Waals surface area contributed by atoms with E-state index in [4.69, 9.17) is 16.9 Å². The first-order valence-electron chi connectivity index (χ1n) is 4.11. The van der Waals surface area contributed by atoms with Gasteiger partial charge in [-0.05, 0) is 18.2 Å². The third-order valence-electron chi connectivity index (χ3n) is 1.89. The third kappa shape index (κ3) is 2.39. The van der Waals surface area contributed by atoms with Gasteiger partial charge in [-0.1, -0.05) is 11.6 Å². The molecule has 1 aromatic carbocycles. The Bertz CT molecular complexity index is 426. The van der Waals surface area contributed by atoms with Crippen LogP contribution < -0.4 is 4.90 Å². The molecule has 15 heavy (non-hydrogen) atoms. The highest BCUT2D eigenvalue weighted by molar-refractivity contribution is 6.31. The van der Waals surface area contributed by atoms with E-state index in [-0.39, 0.29) is 0 Å². The largest absolute Gasteiger partial charge is 0.452 e. The summed E-state index contributed by atoms with van der Waals surface area (Å²) in [5, 5.41) is 9.30. The Hall–Kier alpha value is -1.73. The van der Waals surface area contributed by atoms with Crippen LogP contribution in [0.1, 0.15) is 5.56 Å². The summed E-state index contributed by atoms with van der Waals surface area (Å²) < 4.78 is 4.54. The van der Waals surface area contributed by atoms with Gasteiger partial charge in [-0.3, -0.25) is 4.90 Å². The highest BCUT2D eigenvalue weighted by Crippen LogP contribution is 2.23. The zero-order valence-corrected chi connectivity index (χ0v) is 9.08. The molecule has 0 unspecified atom stereocenters. The Kier molecular flexibility index (Phi) is 3.53. The van der Waals surface area contributed by atoms with E-state index in [1.54, 1.807) is 12.1 Å². The average Bonchev–Trinajstić information content (AvgIpc) is 2.27. The van der Waals surface area contributed by atoms with Gasteiger partial charge in [0.05, 0.1) is 18.4 Å². The summed E-state index contributed by atoms with van der Waals surface area (Å²) in [5.41, 5.74) is 0.796. The number of hydrogen-bond donors (Lipinski definition) is 0. The minimum Gasteiger partial charge on any atom is -0.452 e. The predicted molar refractivity (Wildman–Crippen MR) is 57.0 cm³/mol. The van der Waals surface area contributed by atoms with Crippen LogP contribution in [-0.4, -0.2) is 20.3 Å². The molecule has 1 amide bonds. The van der Waals surface area contributed by atoms with Crippen molar-refractivity contribution in [2.45, 2.75) is 0 Å². The Morgan fingerprint density at radius 1 is 1.60 bits per heavy atom. The number of ether oxygens (including phenoxy) is 1. The van der Waals surface area contributed by atoms with Crippen molar-refractivity contribution in [2.75, 3.05) is 19.1 Å². The molecular formula is C10H9ClN2O2. The fourth-order valence-electron chi connectivity index (χ4n) is 1.11. The maximum Gasteiger partial charge on any atom is 0.413 e. The number of nitrogens with zero attached hydrogens (tertiary/aromatic N) is 2. The lowest BCUT2D eigenvalue weighted by Crippen LogP contribution is -2.26. The summed E-state index contributed by atoms with van der Waals surface area (Å²) in [6, 6.07) is 6.66. The first-order valence-corrected chi connectivity index (χ1v) is 4.49. The molecule has 0 spiro atoms. The molecule has 0 atom stereocenters. The number of anilines is 1. The number of rotatable bonds is 1. The van der Waals surface area contributed by atoms with Crippen LogP contribution in [0.15, 0.2) is 18.2 Å². The quantitative estimate of drug-likeness (QED) is 0.736. The van der Waals surface area contributed by atoms with Crippen molar-refractivity contribution in [1.29, 1.82) is 5.26 Å². The zero-order valence-electron chi connectivity index (χ0n) is 8.32. The summed E-state index contributed by atoms with van der Waals surface area (Å²) in [6.45, 7) is 0. The van der Waals surface area contributed by atoms with Crippen molar-refractivity contribution in [3.8, 4) is 6.07 Å². The summed E-state index contributed by atoms with van der Waals surface area (Å²) in [6.07, 6.45) is -0.547. The number of benzene rings is 1. The van der Waals surface area contributed by atoms with Gasteiger partial charge in [0.1, 0.15) is 6.07 Å². The molecule has 0 aliphatic carbocycles. The minimum absolute atomic E-state index is 0.368. The fourth-order valence-corrected chi connectivity index (χ4v) is 1.28. The molecule has 0 radical (unpaired) electrons. The van der Waals surface area contributed by atoms with Crippen molar-refractivity contribution in [3.63, 3.8) is 0 Å². The summed E-state index contributed by atoms with van der Waals surface area (Å²) >= 11 is 5.78. The number of hydrogen-bond acceptors (Lipinski definition) is 3. The Morgan fingerprint density at radius 2 is 2.27 bits per heavy atom. The zero-order chi connectivity index (χ0) is 11.4. The number of nitriles is 1. The lowest BCUT2D eigenvalue weighted by atomic mass is 10.2. The maximum absolute atomic E-state index is 11.2. The van der Waals surface area contributed by atoms with E-state index in [0.29, 0.717) is 16.3 Å². The molecule has 0 bridgehead atoms. The first kappa shape index (κ1) is 11.3. The molecule has 1 aromatic rings. The average molecular weight is 225 g/mol. The molecule has 78 valence electrons. The Labute approximate surface area is 92.6 Å². The molecule has 0 heterocycles. The maximum atomic E-state index is 11.2. The van der Waals surface area contributed by atoms with Crippen LogP contribution in [0, 0.1) is 11.3 Å². The third-order valence-corrected chi connectivity index (χ3v) is 2.13. The molecule has 0 fully saturated rings. The van der Waals surface area contributed by atoms with E-state index in [1.165, 1.54) is 25.1 Å². The highest BCUT2D eigenvalue weighted by atomic mass is 35.5. The van der Waals surface area contributed by atoms with Crippen LogP contribution in [-0.2, 0) is 4.74 Å². The van der Waals surface area contributed by atoms with Gasteiger partial charge in [0.15, 0.2) is 0 Å². The molecule has 1 rings (SSSR count). The second kappa shape index (κ2) is 4.67. The molecule has 0 saturated carbocycles. The number of carbonyl (C=O) groups excluding carboxylic acids is 1. The van der Waals surface area contributed by atoms with E-state index in [2.05, 4.69) is 4.74 Å². The van der Waals surface area contributed by atoms with Gasteiger partial charge in [-0.25, -0.2) is 4.79 Å².